The van der Waals surface area contributed by atoms with E-state index in [1.54, 1.807) is 13.0 Å². The highest BCUT2D eigenvalue weighted by atomic mass is 16.3. The maximum absolute atomic E-state index is 11.6. The van der Waals surface area contributed by atoms with E-state index >= 15 is 0 Å². The monoisotopic (exact) mass is 236 g/mol. The van der Waals surface area contributed by atoms with Crippen molar-refractivity contribution >= 4 is 5.78 Å². The number of aliphatic hydroxyl groups is 1. The second kappa shape index (κ2) is 6.15. The predicted octanol–water partition coefficient (Wildman–Crippen LogP) is 3.27. The predicted molar refractivity (Wildman–Crippen MR) is 70.7 cm³/mol. The molecule has 96 valence electrons. The zero-order chi connectivity index (χ0) is 13.0. The number of ketones is 1. The minimum absolute atomic E-state index is 0.0942. The van der Waals surface area contributed by atoms with Crippen LogP contribution in [0.2, 0.25) is 0 Å². The van der Waals surface area contributed by atoms with E-state index in [0.717, 1.165) is 12.8 Å². The highest BCUT2D eigenvalue weighted by Gasteiger charge is 2.30. The molecular weight excluding hydrogens is 212 g/mol. The largest absolute Gasteiger partial charge is 0.389 e. The molecule has 1 aliphatic carbocycles. The normalized spacial score (nSPS) is 26.4. The number of allylic oxidation sites excluding steroid dienone is 3. The summed E-state index contributed by atoms with van der Waals surface area (Å²) in [6.45, 7) is 8.11. The summed E-state index contributed by atoms with van der Waals surface area (Å²) >= 11 is 0. The van der Waals surface area contributed by atoms with Gasteiger partial charge in [-0.3, -0.25) is 4.79 Å². The van der Waals surface area contributed by atoms with Gasteiger partial charge in [0.25, 0.3) is 0 Å². The van der Waals surface area contributed by atoms with Crippen LogP contribution in [0.3, 0.4) is 0 Å². The van der Waals surface area contributed by atoms with Gasteiger partial charge in [-0.2, -0.15) is 0 Å². The molecule has 0 fully saturated rings. The van der Waals surface area contributed by atoms with Crippen LogP contribution in [0.5, 0.6) is 0 Å². The van der Waals surface area contributed by atoms with Crippen LogP contribution in [-0.4, -0.2) is 17.0 Å². The molecule has 0 heterocycles. The summed E-state index contributed by atoms with van der Waals surface area (Å²) in [7, 11) is 0. The van der Waals surface area contributed by atoms with Crippen LogP contribution in [0.1, 0.15) is 47.0 Å². The van der Waals surface area contributed by atoms with Gasteiger partial charge in [0.05, 0.1) is 6.10 Å². The van der Waals surface area contributed by atoms with Crippen LogP contribution in [0.25, 0.3) is 0 Å². The van der Waals surface area contributed by atoms with E-state index in [0.29, 0.717) is 17.9 Å². The van der Waals surface area contributed by atoms with Crippen molar-refractivity contribution < 1.29 is 9.90 Å². The van der Waals surface area contributed by atoms with Crippen molar-refractivity contribution in [2.75, 3.05) is 0 Å². The molecule has 3 atom stereocenters. The lowest BCUT2D eigenvalue weighted by Gasteiger charge is -2.30. The van der Waals surface area contributed by atoms with Gasteiger partial charge < -0.3 is 5.11 Å². The summed E-state index contributed by atoms with van der Waals surface area (Å²) in [5.41, 5.74) is 2.04. The summed E-state index contributed by atoms with van der Waals surface area (Å²) in [5.74, 6) is 0.667. The Bertz CT molecular complexity index is 335. The summed E-state index contributed by atoms with van der Waals surface area (Å²) in [4.78, 5) is 11.6. The van der Waals surface area contributed by atoms with Crippen molar-refractivity contribution in [1.29, 1.82) is 0 Å². The molecule has 0 saturated heterocycles. The zero-order valence-electron chi connectivity index (χ0n) is 11.4. The Balaban J connectivity index is 2.55. The molecule has 2 nitrogen and oxygen atoms in total. The molecule has 0 unspecified atom stereocenters. The minimum atomic E-state index is -0.450. The fourth-order valence-corrected chi connectivity index (χ4v) is 2.36. The molecule has 0 aromatic rings. The average molecular weight is 236 g/mol. The van der Waals surface area contributed by atoms with Gasteiger partial charge in [-0.15, -0.1) is 0 Å². The highest BCUT2D eigenvalue weighted by molar-refractivity contribution is 5.95. The van der Waals surface area contributed by atoms with E-state index in [-0.39, 0.29) is 11.7 Å². The number of aliphatic hydroxyl groups excluding tert-OH is 1. The van der Waals surface area contributed by atoms with Crippen LogP contribution >= 0.6 is 0 Å². The van der Waals surface area contributed by atoms with Gasteiger partial charge in [-0.25, -0.2) is 0 Å². The quantitative estimate of drug-likeness (QED) is 0.761. The molecule has 0 spiro atoms. The summed E-state index contributed by atoms with van der Waals surface area (Å²) in [6.07, 6.45) is 6.05. The molecule has 0 bridgehead atoms. The lowest BCUT2D eigenvalue weighted by molar-refractivity contribution is -0.118. The van der Waals surface area contributed by atoms with E-state index < -0.39 is 6.10 Å². The Morgan fingerprint density at radius 1 is 1.59 bits per heavy atom. The zero-order valence-corrected chi connectivity index (χ0v) is 11.4. The molecule has 1 aliphatic rings. The average Bonchev–Trinajstić information content (AvgIpc) is 2.22. The molecule has 17 heavy (non-hydrogen) atoms. The van der Waals surface area contributed by atoms with Crippen LogP contribution in [0.4, 0.5) is 0 Å². The lowest BCUT2D eigenvalue weighted by Crippen LogP contribution is -2.32. The third kappa shape index (κ3) is 4.12. The molecule has 1 rings (SSSR count). The number of rotatable bonds is 4. The lowest BCUT2D eigenvalue weighted by atomic mass is 9.77. The standard InChI is InChI=1S/C15H24O2/c1-10(2)6-5-7-11(3)13-9-14(16)12(4)8-15(13)17/h6,8,11,13,15,17H,5,7,9H2,1-4H3/t11-,13+,15+/m0/s1. The molecule has 0 amide bonds. The Morgan fingerprint density at radius 3 is 2.82 bits per heavy atom. The molecule has 1 N–H and O–H groups in total. The Morgan fingerprint density at radius 2 is 2.24 bits per heavy atom. The van der Waals surface area contributed by atoms with Crippen molar-refractivity contribution in [1.82, 2.24) is 0 Å². The number of hydrogen-bond acceptors (Lipinski definition) is 2. The first-order chi connectivity index (χ1) is 7.91. The van der Waals surface area contributed by atoms with Crippen LogP contribution in [0, 0.1) is 11.8 Å². The number of Topliss-reactive ketones (excluding diaryl/α,β-unsaturated/α-hetero) is 1. The van der Waals surface area contributed by atoms with Crippen molar-refractivity contribution in [3.8, 4) is 0 Å². The highest BCUT2D eigenvalue weighted by Crippen LogP contribution is 2.30. The first-order valence-corrected chi connectivity index (χ1v) is 6.45. The maximum atomic E-state index is 11.6. The Hall–Kier alpha value is -0.890. The third-order valence-corrected chi connectivity index (χ3v) is 3.63. The van der Waals surface area contributed by atoms with Crippen LogP contribution in [-0.2, 0) is 4.79 Å². The second-order valence-corrected chi connectivity index (χ2v) is 5.47. The Labute approximate surface area is 104 Å². The van der Waals surface area contributed by atoms with Gasteiger partial charge in [0.1, 0.15) is 0 Å². The van der Waals surface area contributed by atoms with E-state index in [1.165, 1.54) is 5.57 Å². The van der Waals surface area contributed by atoms with Gasteiger partial charge in [0.15, 0.2) is 5.78 Å². The van der Waals surface area contributed by atoms with Gasteiger partial charge >= 0.3 is 0 Å². The fraction of sp³-hybridized carbons (Fsp3) is 0.667. The van der Waals surface area contributed by atoms with Crippen molar-refractivity contribution in [3.05, 3.63) is 23.3 Å². The second-order valence-electron chi connectivity index (χ2n) is 5.47. The first-order valence-electron chi connectivity index (χ1n) is 6.45. The SMILES string of the molecule is CC(C)=CCC[C@H](C)[C@H]1CC(=O)C(C)=C[C@H]1O. The summed E-state index contributed by atoms with van der Waals surface area (Å²) in [5, 5.41) is 9.99. The molecular formula is C15H24O2. The maximum Gasteiger partial charge on any atom is 0.158 e. The van der Waals surface area contributed by atoms with Gasteiger partial charge in [0, 0.05) is 6.42 Å². The van der Waals surface area contributed by atoms with E-state index in [9.17, 15) is 9.90 Å². The topological polar surface area (TPSA) is 37.3 Å². The third-order valence-electron chi connectivity index (χ3n) is 3.63. The minimum Gasteiger partial charge on any atom is -0.389 e. The number of hydrogen-bond donors (Lipinski definition) is 1. The molecule has 0 aliphatic heterocycles. The van der Waals surface area contributed by atoms with Crippen LogP contribution < -0.4 is 0 Å². The van der Waals surface area contributed by atoms with Crippen molar-refractivity contribution in [2.45, 2.75) is 53.1 Å². The van der Waals surface area contributed by atoms with Gasteiger partial charge in [-0.1, -0.05) is 18.6 Å². The molecule has 0 aromatic heterocycles. The van der Waals surface area contributed by atoms with Gasteiger partial charge in [-0.05, 0) is 57.1 Å². The smallest absolute Gasteiger partial charge is 0.158 e. The first kappa shape index (κ1) is 14.2. The molecule has 0 radical (unpaired) electrons. The Kier molecular flexibility index (Phi) is 5.13. The summed E-state index contributed by atoms with van der Waals surface area (Å²) < 4.78 is 0. The molecule has 0 saturated carbocycles. The van der Waals surface area contributed by atoms with E-state index in [1.807, 2.05) is 0 Å². The van der Waals surface area contributed by atoms with Crippen molar-refractivity contribution in [3.63, 3.8) is 0 Å². The van der Waals surface area contributed by atoms with Gasteiger partial charge in [0.2, 0.25) is 0 Å². The number of carbonyl (C=O) groups excluding carboxylic acids is 1. The van der Waals surface area contributed by atoms with Crippen molar-refractivity contribution in [2.24, 2.45) is 11.8 Å². The van der Waals surface area contributed by atoms with Crippen LogP contribution in [0.15, 0.2) is 23.3 Å². The fourth-order valence-electron chi connectivity index (χ4n) is 2.36. The summed E-state index contributed by atoms with van der Waals surface area (Å²) in [6, 6.07) is 0. The van der Waals surface area contributed by atoms with E-state index in [4.69, 9.17) is 0 Å². The number of carbonyl (C=O) groups is 1. The molecule has 2 heteroatoms. The molecule has 0 aromatic carbocycles. The van der Waals surface area contributed by atoms with E-state index in [2.05, 4.69) is 26.8 Å².